The van der Waals surface area contributed by atoms with Crippen LogP contribution in [0.5, 0.6) is 5.75 Å². The Morgan fingerprint density at radius 2 is 2.19 bits per heavy atom. The van der Waals surface area contributed by atoms with E-state index in [9.17, 15) is 4.79 Å². The Labute approximate surface area is 157 Å². The quantitative estimate of drug-likeness (QED) is 0.521. The topological polar surface area (TPSA) is 82.6 Å². The van der Waals surface area contributed by atoms with Crippen LogP contribution in [0.25, 0.3) is 10.9 Å². The summed E-state index contributed by atoms with van der Waals surface area (Å²) in [5.74, 6) is 1.10. The minimum absolute atomic E-state index is 0.112. The lowest BCUT2D eigenvalue weighted by Crippen LogP contribution is -2.26. The van der Waals surface area contributed by atoms with E-state index in [2.05, 4.69) is 25.4 Å². The van der Waals surface area contributed by atoms with Gasteiger partial charge in [-0.2, -0.15) is 5.10 Å². The standard InChI is InChI=1S/C20H21N5O2/c26-19(24-23-13-15-5-6-16-7-9-21-17(16)12-15)14-27-18-4-3-8-22-20(18)25-10-1-2-11-25/h3-9,12-13,21H,1-2,10-11,14H2,(H,24,26). The molecule has 1 amide bonds. The van der Waals surface area contributed by atoms with Crippen LogP contribution in [0.2, 0.25) is 0 Å². The van der Waals surface area contributed by atoms with Crippen LogP contribution in [0.4, 0.5) is 5.82 Å². The van der Waals surface area contributed by atoms with E-state index in [1.165, 1.54) is 0 Å². The van der Waals surface area contributed by atoms with Crippen LogP contribution < -0.4 is 15.1 Å². The molecule has 1 aromatic carbocycles. The molecule has 0 saturated carbocycles. The van der Waals surface area contributed by atoms with Crippen LogP contribution in [0.1, 0.15) is 18.4 Å². The van der Waals surface area contributed by atoms with Crippen molar-refractivity contribution in [2.24, 2.45) is 5.10 Å². The number of hydrazone groups is 1. The number of H-pyrrole nitrogens is 1. The Kier molecular flexibility index (Phi) is 5.00. The third kappa shape index (κ3) is 4.08. The molecule has 27 heavy (non-hydrogen) atoms. The highest BCUT2D eigenvalue weighted by Gasteiger charge is 2.18. The Morgan fingerprint density at radius 1 is 1.30 bits per heavy atom. The normalized spacial score (nSPS) is 14.1. The fraction of sp³-hybridized carbons (Fsp3) is 0.250. The van der Waals surface area contributed by atoms with E-state index >= 15 is 0 Å². The van der Waals surface area contributed by atoms with Crippen molar-refractivity contribution in [2.45, 2.75) is 12.8 Å². The first kappa shape index (κ1) is 17.1. The Bertz CT molecular complexity index is 960. The summed E-state index contributed by atoms with van der Waals surface area (Å²) in [6.07, 6.45) is 7.54. The predicted octanol–water partition coefficient (Wildman–Crippen LogP) is 2.69. The molecule has 1 fully saturated rings. The van der Waals surface area contributed by atoms with E-state index in [1.807, 2.05) is 42.6 Å². The molecule has 0 atom stereocenters. The first-order chi connectivity index (χ1) is 13.3. The summed E-state index contributed by atoms with van der Waals surface area (Å²) in [4.78, 5) is 21.7. The lowest BCUT2D eigenvalue weighted by Gasteiger charge is -2.19. The van der Waals surface area contributed by atoms with Crippen molar-refractivity contribution in [1.82, 2.24) is 15.4 Å². The molecule has 0 bridgehead atoms. The molecule has 7 nitrogen and oxygen atoms in total. The minimum Gasteiger partial charge on any atom is -0.480 e. The van der Waals surface area contributed by atoms with Gasteiger partial charge < -0.3 is 14.6 Å². The van der Waals surface area contributed by atoms with Gasteiger partial charge >= 0.3 is 0 Å². The van der Waals surface area contributed by atoms with Gasteiger partial charge in [-0.1, -0.05) is 12.1 Å². The van der Waals surface area contributed by atoms with Crippen molar-refractivity contribution in [2.75, 3.05) is 24.6 Å². The summed E-state index contributed by atoms with van der Waals surface area (Å²) in [6.45, 7) is 1.82. The fourth-order valence-corrected chi connectivity index (χ4v) is 3.16. The van der Waals surface area contributed by atoms with Gasteiger partial charge in [0.1, 0.15) is 0 Å². The van der Waals surface area contributed by atoms with Crippen molar-refractivity contribution in [1.29, 1.82) is 0 Å². The molecule has 4 rings (SSSR count). The van der Waals surface area contributed by atoms with Gasteiger partial charge in [-0.3, -0.25) is 4.79 Å². The number of carbonyl (C=O) groups excluding carboxylic acids is 1. The molecule has 0 radical (unpaired) electrons. The number of hydrogen-bond donors (Lipinski definition) is 2. The zero-order valence-corrected chi connectivity index (χ0v) is 14.9. The molecule has 1 saturated heterocycles. The third-order valence-corrected chi connectivity index (χ3v) is 4.50. The number of rotatable bonds is 6. The number of nitrogens with zero attached hydrogens (tertiary/aromatic N) is 3. The van der Waals surface area contributed by atoms with Crippen LogP contribution in [-0.4, -0.2) is 41.8 Å². The van der Waals surface area contributed by atoms with Crippen LogP contribution in [0.3, 0.4) is 0 Å². The molecular weight excluding hydrogens is 342 g/mol. The van der Waals surface area contributed by atoms with E-state index in [4.69, 9.17) is 4.74 Å². The summed E-state index contributed by atoms with van der Waals surface area (Å²) >= 11 is 0. The molecule has 2 N–H and O–H groups in total. The maximum Gasteiger partial charge on any atom is 0.277 e. The van der Waals surface area contributed by atoms with Crippen molar-refractivity contribution in [3.63, 3.8) is 0 Å². The number of fused-ring (bicyclic) bond motifs is 1. The Morgan fingerprint density at radius 3 is 3.07 bits per heavy atom. The van der Waals surface area contributed by atoms with Crippen LogP contribution in [0, 0.1) is 0 Å². The van der Waals surface area contributed by atoms with Crippen molar-refractivity contribution >= 4 is 28.8 Å². The SMILES string of the molecule is O=C(COc1cccnc1N1CCCC1)NN=Cc1ccc2cc[nH]c2c1. The lowest BCUT2D eigenvalue weighted by atomic mass is 10.2. The second-order valence-corrected chi connectivity index (χ2v) is 6.43. The van der Waals surface area contributed by atoms with Gasteiger partial charge in [0, 0.05) is 31.0 Å². The number of aromatic amines is 1. The highest BCUT2D eigenvalue weighted by Crippen LogP contribution is 2.27. The number of carbonyl (C=O) groups is 1. The summed E-state index contributed by atoms with van der Waals surface area (Å²) in [5, 5.41) is 5.13. The van der Waals surface area contributed by atoms with E-state index in [-0.39, 0.29) is 12.5 Å². The number of benzene rings is 1. The number of pyridine rings is 1. The molecule has 3 heterocycles. The summed E-state index contributed by atoms with van der Waals surface area (Å²) < 4.78 is 5.67. The first-order valence-electron chi connectivity index (χ1n) is 9.01. The zero-order valence-electron chi connectivity index (χ0n) is 14.9. The summed E-state index contributed by atoms with van der Waals surface area (Å²) in [6, 6.07) is 11.6. The molecule has 1 aliphatic heterocycles. The van der Waals surface area contributed by atoms with Gasteiger partial charge in [0.25, 0.3) is 5.91 Å². The summed E-state index contributed by atoms with van der Waals surface area (Å²) in [7, 11) is 0. The maximum absolute atomic E-state index is 12.0. The Hall–Kier alpha value is -3.35. The second-order valence-electron chi connectivity index (χ2n) is 6.43. The number of ether oxygens (including phenoxy) is 1. The van der Waals surface area contributed by atoms with Gasteiger partial charge in [-0.15, -0.1) is 0 Å². The maximum atomic E-state index is 12.0. The monoisotopic (exact) mass is 363 g/mol. The zero-order chi connectivity index (χ0) is 18.5. The van der Waals surface area contributed by atoms with Crippen molar-refractivity contribution in [3.05, 3.63) is 54.4 Å². The molecule has 1 aliphatic rings. The summed E-state index contributed by atoms with van der Waals surface area (Å²) in [5.41, 5.74) is 4.42. The molecule has 3 aromatic rings. The van der Waals surface area contributed by atoms with Gasteiger partial charge in [0.2, 0.25) is 0 Å². The van der Waals surface area contributed by atoms with Gasteiger partial charge in [-0.25, -0.2) is 10.4 Å². The molecular formula is C20H21N5O2. The van der Waals surface area contributed by atoms with Gasteiger partial charge in [-0.05, 0) is 48.1 Å². The van der Waals surface area contributed by atoms with E-state index in [0.717, 1.165) is 48.2 Å². The minimum atomic E-state index is -0.316. The number of aromatic nitrogens is 2. The predicted molar refractivity (Wildman–Crippen MR) is 105 cm³/mol. The number of hydrogen-bond acceptors (Lipinski definition) is 5. The molecule has 7 heteroatoms. The van der Waals surface area contributed by atoms with E-state index in [1.54, 1.807) is 12.4 Å². The lowest BCUT2D eigenvalue weighted by molar-refractivity contribution is -0.123. The first-order valence-corrected chi connectivity index (χ1v) is 9.01. The Balaban J connectivity index is 1.32. The molecule has 2 aromatic heterocycles. The largest absolute Gasteiger partial charge is 0.480 e. The third-order valence-electron chi connectivity index (χ3n) is 4.50. The van der Waals surface area contributed by atoms with Crippen LogP contribution >= 0.6 is 0 Å². The van der Waals surface area contributed by atoms with Crippen LogP contribution in [-0.2, 0) is 4.79 Å². The van der Waals surface area contributed by atoms with Crippen molar-refractivity contribution < 1.29 is 9.53 Å². The fourth-order valence-electron chi connectivity index (χ4n) is 3.16. The molecule has 0 spiro atoms. The number of amides is 1. The second kappa shape index (κ2) is 7.90. The smallest absolute Gasteiger partial charge is 0.277 e. The van der Waals surface area contributed by atoms with Crippen LogP contribution in [0.15, 0.2) is 53.9 Å². The van der Waals surface area contributed by atoms with E-state index < -0.39 is 0 Å². The van der Waals surface area contributed by atoms with Gasteiger partial charge in [0.15, 0.2) is 18.2 Å². The average molecular weight is 363 g/mol. The molecule has 138 valence electrons. The van der Waals surface area contributed by atoms with Crippen molar-refractivity contribution in [3.8, 4) is 5.75 Å². The average Bonchev–Trinajstić information content (AvgIpc) is 3.38. The highest BCUT2D eigenvalue weighted by atomic mass is 16.5. The van der Waals surface area contributed by atoms with Gasteiger partial charge in [0.05, 0.1) is 6.21 Å². The number of anilines is 1. The molecule has 0 aliphatic carbocycles. The molecule has 0 unspecified atom stereocenters. The number of nitrogens with one attached hydrogen (secondary N) is 2. The highest BCUT2D eigenvalue weighted by molar-refractivity contribution is 5.89. The van der Waals surface area contributed by atoms with E-state index in [0.29, 0.717) is 5.75 Å².